The molecule has 1 heterocycles. The van der Waals surface area contributed by atoms with Crippen LogP contribution in [0.3, 0.4) is 0 Å². The summed E-state index contributed by atoms with van der Waals surface area (Å²) in [5.74, 6) is 0.496. The van der Waals surface area contributed by atoms with E-state index in [0.29, 0.717) is 18.6 Å². The van der Waals surface area contributed by atoms with Crippen molar-refractivity contribution in [2.45, 2.75) is 12.8 Å². The Morgan fingerprint density at radius 1 is 1.33 bits per heavy atom. The molecule has 2 rings (SSSR count). The molecule has 110 valence electrons. The van der Waals surface area contributed by atoms with Gasteiger partial charge in [-0.3, -0.25) is 0 Å². The van der Waals surface area contributed by atoms with Crippen molar-refractivity contribution in [2.24, 2.45) is 0 Å². The van der Waals surface area contributed by atoms with Gasteiger partial charge >= 0.3 is 6.09 Å². The largest absolute Gasteiger partial charge is 0.414 e. The number of thiazole rings is 1. The average molecular weight is 304 g/mol. The third-order valence-electron chi connectivity index (χ3n) is 2.74. The molecule has 2 aromatic rings. The lowest BCUT2D eigenvalue weighted by Gasteiger charge is -2.10. The summed E-state index contributed by atoms with van der Waals surface area (Å²) in [4.78, 5) is 27.6. The number of nitrogens with zero attached hydrogens (tertiary/aromatic N) is 2. The zero-order valence-corrected chi connectivity index (χ0v) is 12.7. The Labute approximate surface area is 127 Å². The van der Waals surface area contributed by atoms with Crippen molar-refractivity contribution in [1.82, 2.24) is 9.88 Å². The normalized spacial score (nSPS) is 10.2. The molecule has 0 spiro atoms. The highest BCUT2D eigenvalue weighted by molar-refractivity contribution is 7.13. The van der Waals surface area contributed by atoms with Gasteiger partial charge in [0.1, 0.15) is 17.0 Å². The number of hydrogen-bond acceptors (Lipinski definition) is 5. The molecule has 0 aliphatic rings. The van der Waals surface area contributed by atoms with E-state index in [1.165, 1.54) is 16.2 Å². The van der Waals surface area contributed by atoms with Gasteiger partial charge in [-0.2, -0.15) is 0 Å². The van der Waals surface area contributed by atoms with Gasteiger partial charge in [0.25, 0.3) is 0 Å². The lowest BCUT2D eigenvalue weighted by molar-refractivity contribution is -0.107. The molecule has 1 aromatic heterocycles. The summed E-state index contributed by atoms with van der Waals surface area (Å²) in [6.45, 7) is 0. The third kappa shape index (κ3) is 4.13. The first-order valence-corrected chi connectivity index (χ1v) is 7.35. The molecule has 5 nitrogen and oxygen atoms in total. The van der Waals surface area contributed by atoms with E-state index in [2.05, 4.69) is 4.98 Å². The first kappa shape index (κ1) is 15.2. The van der Waals surface area contributed by atoms with E-state index in [0.717, 1.165) is 22.6 Å². The van der Waals surface area contributed by atoms with Crippen molar-refractivity contribution in [3.05, 3.63) is 35.3 Å². The van der Waals surface area contributed by atoms with Crippen LogP contribution in [0.5, 0.6) is 5.75 Å². The van der Waals surface area contributed by atoms with Crippen molar-refractivity contribution in [2.75, 3.05) is 14.1 Å². The first-order chi connectivity index (χ1) is 10.1. The second-order valence-electron chi connectivity index (χ2n) is 4.64. The molecule has 1 amide bonds. The number of aromatic nitrogens is 1. The molecule has 21 heavy (non-hydrogen) atoms. The molecule has 0 fully saturated rings. The number of aryl methyl sites for hydroxylation is 1. The number of carbonyl (C=O) groups is 2. The lowest BCUT2D eigenvalue weighted by atomic mass is 10.2. The Balaban J connectivity index is 2.06. The van der Waals surface area contributed by atoms with Gasteiger partial charge in [-0.1, -0.05) is 0 Å². The lowest BCUT2D eigenvalue weighted by Crippen LogP contribution is -2.25. The number of ether oxygens (including phenoxy) is 1. The molecular formula is C15H16N2O3S. The second kappa shape index (κ2) is 6.99. The van der Waals surface area contributed by atoms with E-state index in [1.54, 1.807) is 26.2 Å². The Morgan fingerprint density at radius 3 is 2.67 bits per heavy atom. The van der Waals surface area contributed by atoms with E-state index in [1.807, 2.05) is 17.5 Å². The van der Waals surface area contributed by atoms with Crippen LogP contribution in [0, 0.1) is 0 Å². The van der Waals surface area contributed by atoms with Crippen LogP contribution in [0.25, 0.3) is 10.6 Å². The minimum Gasteiger partial charge on any atom is -0.410 e. The summed E-state index contributed by atoms with van der Waals surface area (Å²) >= 11 is 1.53. The van der Waals surface area contributed by atoms with E-state index in [9.17, 15) is 9.59 Å². The first-order valence-electron chi connectivity index (χ1n) is 6.47. The smallest absolute Gasteiger partial charge is 0.410 e. The van der Waals surface area contributed by atoms with Gasteiger partial charge in [0.15, 0.2) is 0 Å². The Kier molecular flexibility index (Phi) is 5.05. The second-order valence-corrected chi connectivity index (χ2v) is 5.49. The minimum absolute atomic E-state index is 0.409. The van der Waals surface area contributed by atoms with E-state index >= 15 is 0 Å². The molecule has 0 unspecified atom stereocenters. The fourth-order valence-electron chi connectivity index (χ4n) is 1.62. The zero-order valence-electron chi connectivity index (χ0n) is 11.9. The Hall–Kier alpha value is -2.21. The summed E-state index contributed by atoms with van der Waals surface area (Å²) < 4.78 is 5.16. The summed E-state index contributed by atoms with van der Waals surface area (Å²) in [5, 5.41) is 2.85. The van der Waals surface area contributed by atoms with Crippen LogP contribution in [-0.4, -0.2) is 36.4 Å². The number of amides is 1. The van der Waals surface area contributed by atoms with Crippen LogP contribution in [0.15, 0.2) is 29.6 Å². The Morgan fingerprint density at radius 2 is 2.05 bits per heavy atom. The number of carbonyl (C=O) groups excluding carboxylic acids is 2. The number of aldehydes is 1. The van der Waals surface area contributed by atoms with Crippen molar-refractivity contribution < 1.29 is 14.3 Å². The van der Waals surface area contributed by atoms with Gasteiger partial charge in [-0.25, -0.2) is 9.78 Å². The average Bonchev–Trinajstić information content (AvgIpc) is 2.94. The molecule has 0 atom stereocenters. The molecule has 0 aliphatic heterocycles. The molecule has 0 saturated carbocycles. The topological polar surface area (TPSA) is 59.5 Å². The number of benzene rings is 1. The number of rotatable bonds is 5. The van der Waals surface area contributed by atoms with E-state index < -0.39 is 6.09 Å². The summed E-state index contributed by atoms with van der Waals surface area (Å²) in [6.07, 6.45) is 1.64. The molecule has 6 heteroatoms. The molecule has 0 radical (unpaired) electrons. The molecular weight excluding hydrogens is 288 g/mol. The van der Waals surface area contributed by atoms with E-state index in [-0.39, 0.29) is 0 Å². The third-order valence-corrected chi connectivity index (χ3v) is 3.68. The predicted octanol–water partition coefficient (Wildman–Crippen LogP) is 3.00. The van der Waals surface area contributed by atoms with Crippen molar-refractivity contribution in [1.29, 1.82) is 0 Å². The zero-order chi connectivity index (χ0) is 15.2. The van der Waals surface area contributed by atoms with Gasteiger partial charge < -0.3 is 14.4 Å². The minimum atomic E-state index is -0.409. The van der Waals surface area contributed by atoms with Gasteiger partial charge in [-0.15, -0.1) is 11.3 Å². The fraction of sp³-hybridized carbons (Fsp3) is 0.267. The maximum Gasteiger partial charge on any atom is 0.414 e. The highest BCUT2D eigenvalue weighted by Gasteiger charge is 2.08. The SMILES string of the molecule is CN(C)C(=O)Oc1ccc(-c2nc(CCC=O)cs2)cc1. The molecule has 0 saturated heterocycles. The van der Waals surface area contributed by atoms with Crippen LogP contribution >= 0.6 is 11.3 Å². The highest BCUT2D eigenvalue weighted by atomic mass is 32.1. The van der Waals surface area contributed by atoms with Gasteiger partial charge in [0.05, 0.1) is 5.69 Å². The highest BCUT2D eigenvalue weighted by Crippen LogP contribution is 2.26. The van der Waals surface area contributed by atoms with Gasteiger partial charge in [0.2, 0.25) is 0 Å². The monoisotopic (exact) mass is 304 g/mol. The van der Waals surface area contributed by atoms with Crippen molar-refractivity contribution >= 4 is 23.7 Å². The summed E-state index contributed by atoms with van der Waals surface area (Å²) in [7, 11) is 3.26. The number of hydrogen-bond donors (Lipinski definition) is 0. The summed E-state index contributed by atoms with van der Waals surface area (Å²) in [5.41, 5.74) is 1.88. The van der Waals surface area contributed by atoms with Crippen LogP contribution in [0.2, 0.25) is 0 Å². The van der Waals surface area contributed by atoms with Crippen LogP contribution < -0.4 is 4.74 Å². The van der Waals surface area contributed by atoms with Crippen LogP contribution in [0.1, 0.15) is 12.1 Å². The molecule has 0 aliphatic carbocycles. The molecule has 1 aromatic carbocycles. The Bertz CT molecular complexity index is 620. The maximum atomic E-state index is 11.4. The summed E-state index contributed by atoms with van der Waals surface area (Å²) in [6, 6.07) is 7.20. The predicted molar refractivity (Wildman–Crippen MR) is 81.6 cm³/mol. The maximum absolute atomic E-state index is 11.4. The fourth-order valence-corrected chi connectivity index (χ4v) is 2.48. The van der Waals surface area contributed by atoms with E-state index in [4.69, 9.17) is 4.74 Å². The van der Waals surface area contributed by atoms with Crippen LogP contribution in [0.4, 0.5) is 4.79 Å². The molecule has 0 bridgehead atoms. The molecule has 0 N–H and O–H groups in total. The van der Waals surface area contributed by atoms with Crippen molar-refractivity contribution in [3.8, 4) is 16.3 Å². The quantitative estimate of drug-likeness (QED) is 0.797. The van der Waals surface area contributed by atoms with Crippen LogP contribution in [-0.2, 0) is 11.2 Å². The van der Waals surface area contributed by atoms with Gasteiger partial charge in [-0.05, 0) is 30.7 Å². The van der Waals surface area contributed by atoms with Gasteiger partial charge in [0, 0.05) is 31.5 Å². The van der Waals surface area contributed by atoms with Crippen molar-refractivity contribution in [3.63, 3.8) is 0 Å². The standard InChI is InChI=1S/C15H16N2O3S/c1-17(2)15(19)20-13-7-5-11(6-8-13)14-16-12(10-21-14)4-3-9-18/h5-10H,3-4H2,1-2H3.